The average molecular weight is 282 g/mol. The van der Waals surface area contributed by atoms with Crippen LogP contribution in [0.1, 0.15) is 17.3 Å². The van der Waals surface area contributed by atoms with Crippen molar-refractivity contribution in [3.05, 3.63) is 65.3 Å². The summed E-state index contributed by atoms with van der Waals surface area (Å²) in [5.74, 6) is 0.0247. The molecule has 0 aliphatic rings. The van der Waals surface area contributed by atoms with E-state index in [0.29, 0.717) is 10.6 Å². The number of ketones is 1. The molecule has 0 N–H and O–H groups in total. The molecule has 0 amide bonds. The summed E-state index contributed by atoms with van der Waals surface area (Å²) < 4.78 is 0. The Morgan fingerprint density at radius 3 is 2.70 bits per heavy atom. The van der Waals surface area contributed by atoms with Crippen molar-refractivity contribution in [1.82, 2.24) is 4.98 Å². The van der Waals surface area contributed by atoms with Gasteiger partial charge in [-0.25, -0.2) is 0 Å². The number of rotatable bonds is 2. The van der Waals surface area contributed by atoms with Gasteiger partial charge in [0.2, 0.25) is 0 Å². The van der Waals surface area contributed by atoms with Crippen LogP contribution in [0.15, 0.2) is 54.7 Å². The topological polar surface area (TPSA) is 30.0 Å². The summed E-state index contributed by atoms with van der Waals surface area (Å²) in [6, 6.07) is 15.2. The van der Waals surface area contributed by atoms with Crippen LogP contribution in [0.25, 0.3) is 22.0 Å². The highest BCUT2D eigenvalue weighted by Gasteiger charge is 2.08. The summed E-state index contributed by atoms with van der Waals surface area (Å²) in [5, 5.41) is 1.67. The number of carbonyl (C=O) groups excluding carboxylic acids is 1. The Morgan fingerprint density at radius 1 is 1.10 bits per heavy atom. The summed E-state index contributed by atoms with van der Waals surface area (Å²) in [6.45, 7) is 1.55. The van der Waals surface area contributed by atoms with Crippen molar-refractivity contribution < 1.29 is 4.79 Å². The van der Waals surface area contributed by atoms with Crippen LogP contribution in [-0.4, -0.2) is 10.8 Å². The molecule has 98 valence electrons. The van der Waals surface area contributed by atoms with Crippen LogP contribution in [0.2, 0.25) is 5.02 Å². The number of hydrogen-bond acceptors (Lipinski definition) is 2. The highest BCUT2D eigenvalue weighted by molar-refractivity contribution is 6.33. The zero-order valence-corrected chi connectivity index (χ0v) is 11.7. The Morgan fingerprint density at radius 2 is 1.90 bits per heavy atom. The monoisotopic (exact) mass is 281 g/mol. The zero-order valence-electron chi connectivity index (χ0n) is 10.9. The van der Waals surface area contributed by atoms with E-state index in [1.165, 1.54) is 0 Å². The van der Waals surface area contributed by atoms with Crippen molar-refractivity contribution in [2.24, 2.45) is 0 Å². The van der Waals surface area contributed by atoms with Crippen LogP contribution in [0.3, 0.4) is 0 Å². The van der Waals surface area contributed by atoms with Crippen LogP contribution in [0.4, 0.5) is 0 Å². The second-order valence-corrected chi connectivity index (χ2v) is 5.07. The Balaban J connectivity index is 2.19. The summed E-state index contributed by atoms with van der Waals surface area (Å²) >= 11 is 6.25. The van der Waals surface area contributed by atoms with Crippen LogP contribution < -0.4 is 0 Å². The molecule has 0 atom stereocenters. The summed E-state index contributed by atoms with van der Waals surface area (Å²) in [4.78, 5) is 15.9. The number of Topliss-reactive ketones (excluding diaryl/α,β-unsaturated/α-hetero) is 1. The second kappa shape index (κ2) is 5.06. The predicted octanol–water partition coefficient (Wildman–Crippen LogP) is 4.76. The van der Waals surface area contributed by atoms with Crippen LogP contribution in [0.5, 0.6) is 0 Å². The van der Waals surface area contributed by atoms with Gasteiger partial charge in [0.05, 0.1) is 5.52 Å². The van der Waals surface area contributed by atoms with Gasteiger partial charge in [-0.15, -0.1) is 0 Å². The fourth-order valence-corrected chi connectivity index (χ4v) is 2.41. The first-order valence-electron chi connectivity index (χ1n) is 6.31. The first-order chi connectivity index (χ1) is 9.65. The van der Waals surface area contributed by atoms with Crippen molar-refractivity contribution in [2.45, 2.75) is 6.92 Å². The SMILES string of the molecule is CC(=O)c1ccc(Cl)c(-c2cnc3ccccc3c2)c1. The predicted molar refractivity (Wildman–Crippen MR) is 82.2 cm³/mol. The smallest absolute Gasteiger partial charge is 0.159 e. The van der Waals surface area contributed by atoms with Crippen molar-refractivity contribution in [1.29, 1.82) is 0 Å². The molecule has 0 unspecified atom stereocenters. The van der Waals surface area contributed by atoms with Gasteiger partial charge < -0.3 is 0 Å². The molecule has 1 heterocycles. The molecular weight excluding hydrogens is 270 g/mol. The molecule has 2 nitrogen and oxygen atoms in total. The molecule has 2 aromatic carbocycles. The van der Waals surface area contributed by atoms with E-state index in [1.54, 1.807) is 25.3 Å². The minimum absolute atomic E-state index is 0.0247. The number of halogens is 1. The number of carbonyl (C=O) groups is 1. The number of benzene rings is 2. The van der Waals surface area contributed by atoms with Crippen LogP contribution in [-0.2, 0) is 0 Å². The molecule has 3 rings (SSSR count). The van der Waals surface area contributed by atoms with Gasteiger partial charge >= 0.3 is 0 Å². The van der Waals surface area contributed by atoms with Gasteiger partial charge in [0.15, 0.2) is 5.78 Å². The third-order valence-corrected chi connectivity index (χ3v) is 3.60. The van der Waals surface area contributed by atoms with E-state index >= 15 is 0 Å². The number of fused-ring (bicyclic) bond motifs is 1. The molecule has 0 saturated carbocycles. The van der Waals surface area contributed by atoms with E-state index in [-0.39, 0.29) is 5.78 Å². The maximum absolute atomic E-state index is 11.5. The lowest BCUT2D eigenvalue weighted by Gasteiger charge is -2.07. The molecule has 1 aromatic heterocycles. The standard InChI is InChI=1S/C17H12ClNO/c1-11(20)12-6-7-16(18)15(9-12)14-8-13-4-2-3-5-17(13)19-10-14/h2-10H,1H3. The van der Waals surface area contributed by atoms with E-state index < -0.39 is 0 Å². The summed E-state index contributed by atoms with van der Waals surface area (Å²) in [6.07, 6.45) is 1.79. The highest BCUT2D eigenvalue weighted by atomic mass is 35.5. The molecule has 3 aromatic rings. The van der Waals surface area contributed by atoms with Gasteiger partial charge in [-0.1, -0.05) is 29.8 Å². The first-order valence-corrected chi connectivity index (χ1v) is 6.68. The summed E-state index contributed by atoms with van der Waals surface area (Å²) in [7, 11) is 0. The lowest BCUT2D eigenvalue weighted by Crippen LogP contribution is -1.93. The lowest BCUT2D eigenvalue weighted by atomic mass is 10.0. The normalized spacial score (nSPS) is 10.7. The molecule has 0 saturated heterocycles. The van der Waals surface area contributed by atoms with Crippen molar-refractivity contribution >= 4 is 28.3 Å². The molecule has 0 bridgehead atoms. The van der Waals surface area contributed by atoms with Gasteiger partial charge in [0.1, 0.15) is 0 Å². The van der Waals surface area contributed by atoms with Crippen LogP contribution in [0, 0.1) is 0 Å². The van der Waals surface area contributed by atoms with E-state index in [4.69, 9.17) is 11.6 Å². The van der Waals surface area contributed by atoms with Gasteiger partial charge in [-0.05, 0) is 37.3 Å². The summed E-state index contributed by atoms with van der Waals surface area (Å²) in [5.41, 5.74) is 3.34. The third-order valence-electron chi connectivity index (χ3n) is 3.27. The van der Waals surface area contributed by atoms with Crippen molar-refractivity contribution in [2.75, 3.05) is 0 Å². The Bertz CT molecular complexity index is 811. The quantitative estimate of drug-likeness (QED) is 0.634. The van der Waals surface area contributed by atoms with Crippen molar-refractivity contribution in [3.63, 3.8) is 0 Å². The lowest BCUT2D eigenvalue weighted by molar-refractivity contribution is 0.101. The van der Waals surface area contributed by atoms with E-state index in [2.05, 4.69) is 4.98 Å². The van der Waals surface area contributed by atoms with E-state index in [1.807, 2.05) is 36.4 Å². The highest BCUT2D eigenvalue weighted by Crippen LogP contribution is 2.30. The molecule has 0 spiro atoms. The van der Waals surface area contributed by atoms with Gasteiger partial charge in [-0.3, -0.25) is 9.78 Å². The number of nitrogens with zero attached hydrogens (tertiary/aromatic N) is 1. The average Bonchev–Trinajstić information content (AvgIpc) is 2.47. The van der Waals surface area contributed by atoms with Gasteiger partial charge in [-0.2, -0.15) is 0 Å². The molecule has 0 aliphatic heterocycles. The van der Waals surface area contributed by atoms with Gasteiger partial charge in [0, 0.05) is 33.3 Å². The Kier molecular flexibility index (Phi) is 3.25. The molecule has 0 fully saturated rings. The Hall–Kier alpha value is -2.19. The van der Waals surface area contributed by atoms with Gasteiger partial charge in [0.25, 0.3) is 0 Å². The largest absolute Gasteiger partial charge is 0.295 e. The van der Waals surface area contributed by atoms with E-state index in [0.717, 1.165) is 22.0 Å². The number of hydrogen-bond donors (Lipinski definition) is 0. The number of aromatic nitrogens is 1. The van der Waals surface area contributed by atoms with Crippen LogP contribution >= 0.6 is 11.6 Å². The molecular formula is C17H12ClNO. The molecule has 0 radical (unpaired) electrons. The molecule has 20 heavy (non-hydrogen) atoms. The number of pyridine rings is 1. The zero-order chi connectivity index (χ0) is 14.1. The number of para-hydroxylation sites is 1. The van der Waals surface area contributed by atoms with Crippen molar-refractivity contribution in [3.8, 4) is 11.1 Å². The fraction of sp³-hybridized carbons (Fsp3) is 0.0588. The molecule has 3 heteroatoms. The molecule has 0 aliphatic carbocycles. The van der Waals surface area contributed by atoms with E-state index in [9.17, 15) is 4.79 Å². The second-order valence-electron chi connectivity index (χ2n) is 4.67. The third kappa shape index (κ3) is 2.30. The maximum atomic E-state index is 11.5. The Labute approximate surface area is 122 Å². The first kappa shape index (κ1) is 12.8. The maximum Gasteiger partial charge on any atom is 0.159 e. The minimum atomic E-state index is 0.0247. The minimum Gasteiger partial charge on any atom is -0.295 e. The fourth-order valence-electron chi connectivity index (χ4n) is 2.18.